The molecule has 3 heterocycles. The number of H-pyrrole nitrogens is 2. The molecule has 2 aromatic heterocycles. The van der Waals surface area contributed by atoms with Gasteiger partial charge in [0.15, 0.2) is 5.82 Å². The fourth-order valence-corrected chi connectivity index (χ4v) is 1.98. The zero-order valence-corrected chi connectivity index (χ0v) is 10.8. The Morgan fingerprint density at radius 2 is 2.40 bits per heavy atom. The zero-order chi connectivity index (χ0) is 13.8. The Bertz CT molecular complexity index is 615. The van der Waals surface area contributed by atoms with Crippen molar-refractivity contribution in [3.63, 3.8) is 0 Å². The third-order valence-corrected chi connectivity index (χ3v) is 2.90. The molecule has 3 N–H and O–H groups in total. The van der Waals surface area contributed by atoms with Gasteiger partial charge in [-0.25, -0.2) is 14.9 Å². The third-order valence-electron chi connectivity index (χ3n) is 2.90. The lowest BCUT2D eigenvalue weighted by molar-refractivity contribution is 0.0707. The van der Waals surface area contributed by atoms with E-state index < -0.39 is 0 Å². The first-order valence-corrected chi connectivity index (χ1v) is 6.38. The smallest absolute Gasteiger partial charge is 0.340 e. The van der Waals surface area contributed by atoms with Crippen LogP contribution in [0, 0.1) is 0 Å². The highest BCUT2D eigenvalue weighted by Crippen LogP contribution is 2.24. The molecular weight excluding hydrogens is 262 g/mol. The molecule has 0 bridgehead atoms. The van der Waals surface area contributed by atoms with Crippen LogP contribution in [0.25, 0.3) is 11.4 Å². The maximum absolute atomic E-state index is 11.1. The highest BCUT2D eigenvalue weighted by molar-refractivity contribution is 5.60. The summed E-state index contributed by atoms with van der Waals surface area (Å²) >= 11 is 0. The van der Waals surface area contributed by atoms with E-state index in [2.05, 4.69) is 25.5 Å². The second-order valence-electron chi connectivity index (χ2n) is 4.40. The van der Waals surface area contributed by atoms with Crippen molar-refractivity contribution in [3.05, 3.63) is 28.8 Å². The van der Waals surface area contributed by atoms with E-state index in [1.807, 2.05) is 0 Å². The number of pyridine rings is 1. The molecule has 2 aromatic rings. The van der Waals surface area contributed by atoms with Gasteiger partial charge >= 0.3 is 5.69 Å². The molecule has 0 radical (unpaired) electrons. The van der Waals surface area contributed by atoms with Gasteiger partial charge in [-0.05, 0) is 12.1 Å². The second-order valence-corrected chi connectivity index (χ2v) is 4.40. The van der Waals surface area contributed by atoms with Crippen molar-refractivity contribution in [2.24, 2.45) is 0 Å². The average Bonchev–Trinajstić information content (AvgIpc) is 2.73. The Labute approximate surface area is 114 Å². The van der Waals surface area contributed by atoms with Crippen LogP contribution in [0.15, 0.2) is 23.1 Å². The monoisotopic (exact) mass is 277 g/mol. The minimum atomic E-state index is -0.366. The molecule has 0 spiro atoms. The van der Waals surface area contributed by atoms with Gasteiger partial charge in [-0.3, -0.25) is 4.98 Å². The van der Waals surface area contributed by atoms with Crippen molar-refractivity contribution in [1.29, 1.82) is 0 Å². The molecule has 1 fully saturated rings. The summed E-state index contributed by atoms with van der Waals surface area (Å²) in [6.07, 6.45) is 1.51. The molecule has 0 amide bonds. The molecule has 8 nitrogen and oxygen atoms in total. The molecule has 1 atom stereocenters. The van der Waals surface area contributed by atoms with Crippen LogP contribution in [-0.2, 0) is 4.74 Å². The summed E-state index contributed by atoms with van der Waals surface area (Å²) in [5.74, 6) is 0.827. The lowest BCUT2D eigenvalue weighted by atomic mass is 10.2. The summed E-state index contributed by atoms with van der Waals surface area (Å²) in [6, 6.07) is 3.55. The van der Waals surface area contributed by atoms with Crippen LogP contribution >= 0.6 is 0 Å². The number of ether oxygens (including phenoxy) is 2. The fraction of sp³-hybridized carbons (Fsp3) is 0.417. The minimum absolute atomic E-state index is 0.128. The van der Waals surface area contributed by atoms with Gasteiger partial charge in [0.05, 0.1) is 18.8 Å². The molecule has 0 aliphatic carbocycles. The van der Waals surface area contributed by atoms with Gasteiger partial charge in [-0.2, -0.15) is 5.10 Å². The molecule has 1 aliphatic heterocycles. The van der Waals surface area contributed by atoms with Crippen LogP contribution in [0.5, 0.6) is 5.88 Å². The van der Waals surface area contributed by atoms with Crippen molar-refractivity contribution < 1.29 is 9.47 Å². The van der Waals surface area contributed by atoms with Crippen LogP contribution < -0.4 is 15.7 Å². The number of aromatic nitrogens is 4. The van der Waals surface area contributed by atoms with Gasteiger partial charge < -0.3 is 14.8 Å². The van der Waals surface area contributed by atoms with Gasteiger partial charge in [-0.1, -0.05) is 0 Å². The van der Waals surface area contributed by atoms with Crippen LogP contribution in [0.2, 0.25) is 0 Å². The van der Waals surface area contributed by atoms with Crippen molar-refractivity contribution in [2.75, 3.05) is 26.3 Å². The molecule has 0 aromatic carbocycles. The predicted molar refractivity (Wildman–Crippen MR) is 70.5 cm³/mol. The normalized spacial score (nSPS) is 19.5. The maximum atomic E-state index is 11.1. The van der Waals surface area contributed by atoms with Crippen LogP contribution in [0.4, 0.5) is 0 Å². The number of hydrogen-bond donors (Lipinski definition) is 3. The SMILES string of the molecule is O=c1[nH]nc(-c2cccnc2OC2CNCCOC2)[nH]1. The van der Waals surface area contributed by atoms with Crippen molar-refractivity contribution >= 4 is 0 Å². The predicted octanol–water partition coefficient (Wildman–Crippen LogP) is -0.473. The van der Waals surface area contributed by atoms with E-state index in [4.69, 9.17) is 9.47 Å². The van der Waals surface area contributed by atoms with Crippen molar-refractivity contribution in [2.45, 2.75) is 6.10 Å². The Morgan fingerprint density at radius 1 is 1.45 bits per heavy atom. The lowest BCUT2D eigenvalue weighted by Gasteiger charge is -2.17. The van der Waals surface area contributed by atoms with E-state index in [1.54, 1.807) is 18.3 Å². The topological polar surface area (TPSA) is 105 Å². The summed E-state index contributed by atoms with van der Waals surface area (Å²) in [7, 11) is 0. The molecule has 1 unspecified atom stereocenters. The van der Waals surface area contributed by atoms with E-state index in [9.17, 15) is 4.79 Å². The lowest BCUT2D eigenvalue weighted by Crippen LogP contribution is -2.32. The molecule has 1 saturated heterocycles. The van der Waals surface area contributed by atoms with Crippen LogP contribution in [0.3, 0.4) is 0 Å². The van der Waals surface area contributed by atoms with E-state index in [0.717, 1.165) is 6.54 Å². The van der Waals surface area contributed by atoms with Crippen molar-refractivity contribution in [1.82, 2.24) is 25.5 Å². The first kappa shape index (κ1) is 12.8. The summed E-state index contributed by atoms with van der Waals surface area (Å²) < 4.78 is 11.3. The number of nitrogens with zero attached hydrogens (tertiary/aromatic N) is 2. The maximum Gasteiger partial charge on any atom is 0.340 e. The van der Waals surface area contributed by atoms with Gasteiger partial charge in [0.2, 0.25) is 5.88 Å². The summed E-state index contributed by atoms with van der Waals surface area (Å²) in [6.45, 7) is 2.66. The highest BCUT2D eigenvalue weighted by atomic mass is 16.5. The minimum Gasteiger partial charge on any atom is -0.470 e. The van der Waals surface area contributed by atoms with Gasteiger partial charge in [0.1, 0.15) is 6.10 Å². The first-order valence-electron chi connectivity index (χ1n) is 6.38. The van der Waals surface area contributed by atoms with E-state index in [-0.39, 0.29) is 11.8 Å². The Balaban J connectivity index is 1.84. The van der Waals surface area contributed by atoms with E-state index >= 15 is 0 Å². The van der Waals surface area contributed by atoms with Crippen LogP contribution in [0.1, 0.15) is 0 Å². The fourth-order valence-electron chi connectivity index (χ4n) is 1.98. The quantitative estimate of drug-likeness (QED) is 0.700. The van der Waals surface area contributed by atoms with E-state index in [0.29, 0.717) is 37.0 Å². The zero-order valence-electron chi connectivity index (χ0n) is 10.8. The number of aromatic amines is 2. The van der Waals surface area contributed by atoms with Crippen LogP contribution in [-0.4, -0.2) is 52.6 Å². The number of hydrogen-bond acceptors (Lipinski definition) is 6. The largest absolute Gasteiger partial charge is 0.470 e. The van der Waals surface area contributed by atoms with Gasteiger partial charge in [0.25, 0.3) is 0 Å². The van der Waals surface area contributed by atoms with Crippen molar-refractivity contribution in [3.8, 4) is 17.3 Å². The molecule has 8 heteroatoms. The van der Waals surface area contributed by atoms with E-state index in [1.165, 1.54) is 0 Å². The molecule has 20 heavy (non-hydrogen) atoms. The summed E-state index contributed by atoms with van der Waals surface area (Å²) in [4.78, 5) is 17.9. The highest BCUT2D eigenvalue weighted by Gasteiger charge is 2.18. The molecule has 3 rings (SSSR count). The first-order chi connectivity index (χ1) is 9.83. The summed E-state index contributed by atoms with van der Waals surface area (Å²) in [5.41, 5.74) is 0.268. The molecule has 1 aliphatic rings. The third kappa shape index (κ3) is 2.86. The summed E-state index contributed by atoms with van der Waals surface area (Å²) in [5, 5.41) is 9.45. The average molecular weight is 277 g/mol. The number of nitrogens with one attached hydrogen (secondary N) is 3. The second kappa shape index (κ2) is 5.85. The number of rotatable bonds is 3. The van der Waals surface area contributed by atoms with Gasteiger partial charge in [-0.15, -0.1) is 0 Å². The molecule has 106 valence electrons. The Hall–Kier alpha value is -2.19. The molecule has 0 saturated carbocycles. The standard InChI is InChI=1S/C12H15N5O3/c18-12-15-10(16-17-12)9-2-1-3-14-11(9)20-8-6-13-4-5-19-7-8/h1-3,8,13H,4-7H2,(H2,15,16,17,18). The molecular formula is C12H15N5O3. The van der Waals surface area contributed by atoms with Gasteiger partial charge in [0, 0.05) is 19.3 Å². The Morgan fingerprint density at radius 3 is 3.25 bits per heavy atom. The Kier molecular flexibility index (Phi) is 3.75.